The molecule has 182 valence electrons. The number of thiophene rings is 1. The molecule has 13 heteroatoms. The first-order valence-electron chi connectivity index (χ1n) is 10.3. The summed E-state index contributed by atoms with van der Waals surface area (Å²) in [4.78, 5) is 15.3. The molecule has 1 aromatic carbocycles. The topological polar surface area (TPSA) is 108 Å². The van der Waals surface area contributed by atoms with E-state index in [1.54, 1.807) is 30.2 Å². The second kappa shape index (κ2) is 10.4. The normalized spacial score (nSPS) is 14.8. The van der Waals surface area contributed by atoms with Crippen molar-refractivity contribution in [1.29, 1.82) is 0 Å². The lowest BCUT2D eigenvalue weighted by Gasteiger charge is -2.19. The van der Waals surface area contributed by atoms with Crippen LogP contribution in [-0.4, -0.2) is 43.5 Å². The van der Waals surface area contributed by atoms with E-state index in [-0.39, 0.29) is 12.2 Å². The number of carboxylic acid groups (broad SMARTS) is 1. The van der Waals surface area contributed by atoms with Crippen LogP contribution in [0, 0.1) is 0 Å². The maximum atomic E-state index is 11.3. The second-order valence-electron chi connectivity index (χ2n) is 7.52. The van der Waals surface area contributed by atoms with Crippen molar-refractivity contribution < 1.29 is 32.2 Å². The number of nitrogens with zero attached hydrogens (tertiary/aromatic N) is 2. The number of methoxy groups -OCH3 is 1. The molecule has 34 heavy (non-hydrogen) atoms. The molecule has 4 rings (SSSR count). The van der Waals surface area contributed by atoms with Crippen LogP contribution in [0.1, 0.15) is 24.3 Å². The molecule has 0 radical (unpaired) electrons. The number of aromatic nitrogens is 1. The number of hydrogen-bond donors (Lipinski definition) is 2. The highest BCUT2D eigenvalue weighted by atomic mass is 35.5. The van der Waals surface area contributed by atoms with Gasteiger partial charge in [-0.05, 0) is 24.6 Å². The summed E-state index contributed by atoms with van der Waals surface area (Å²) in [6.45, 7) is 0.875. The number of carbonyl (C=O) groups is 1. The van der Waals surface area contributed by atoms with Crippen LogP contribution in [0.3, 0.4) is 0 Å². The minimum atomic E-state index is -3.99. The summed E-state index contributed by atoms with van der Waals surface area (Å²) in [6.07, 6.45) is 2.92. The summed E-state index contributed by atoms with van der Waals surface area (Å²) in [5, 5.41) is 11.1. The van der Waals surface area contributed by atoms with Gasteiger partial charge in [0.25, 0.3) is 20.0 Å². The number of anilines is 1. The van der Waals surface area contributed by atoms with E-state index in [1.807, 2.05) is 35.2 Å². The smallest absolute Gasteiger partial charge is 0.305 e. The third kappa shape index (κ3) is 5.86. The van der Waals surface area contributed by atoms with Gasteiger partial charge in [0.15, 0.2) is 6.54 Å². The molecule has 0 fully saturated rings. The van der Waals surface area contributed by atoms with Crippen molar-refractivity contribution in [3.05, 3.63) is 38.6 Å². The van der Waals surface area contributed by atoms with Crippen molar-refractivity contribution in [2.24, 2.45) is 0 Å². The Morgan fingerprint density at radius 3 is 2.76 bits per heavy atom. The van der Waals surface area contributed by atoms with Crippen molar-refractivity contribution in [3.63, 3.8) is 0 Å². The SMILES string of the molecule is COc1ccc2c(c1)N(CCC(=O)O)C(=Cc1sc3cc(Cl)sc3[n+]1CCCCS(=O)(=O)O)S2. The third-order valence-electron chi connectivity index (χ3n) is 5.14. The molecule has 0 saturated carbocycles. The average molecular weight is 562 g/mol. The summed E-state index contributed by atoms with van der Waals surface area (Å²) >= 11 is 10.8. The van der Waals surface area contributed by atoms with Crippen LogP contribution in [-0.2, 0) is 21.5 Å². The van der Waals surface area contributed by atoms with Crippen LogP contribution >= 0.6 is 46.0 Å². The fraction of sp³-hybridized carbons (Fsp3) is 0.333. The highest BCUT2D eigenvalue weighted by Gasteiger charge is 2.29. The Balaban J connectivity index is 1.68. The van der Waals surface area contributed by atoms with Gasteiger partial charge < -0.3 is 14.7 Å². The Morgan fingerprint density at radius 1 is 1.26 bits per heavy atom. The quantitative estimate of drug-likeness (QED) is 0.203. The molecule has 0 bridgehead atoms. The molecule has 0 saturated heterocycles. The number of benzene rings is 1. The summed E-state index contributed by atoms with van der Waals surface area (Å²) < 4.78 is 40.3. The van der Waals surface area contributed by atoms with Gasteiger partial charge in [-0.3, -0.25) is 9.35 Å². The summed E-state index contributed by atoms with van der Waals surface area (Å²) in [5.74, 6) is -0.458. The molecule has 0 aliphatic carbocycles. The lowest BCUT2D eigenvalue weighted by atomic mass is 10.2. The van der Waals surface area contributed by atoms with Crippen LogP contribution in [0.4, 0.5) is 5.69 Å². The molecule has 3 aromatic rings. The molecular weight excluding hydrogens is 540 g/mol. The van der Waals surface area contributed by atoms with Crippen LogP contribution in [0.2, 0.25) is 4.34 Å². The average Bonchev–Trinajstić information content (AvgIpc) is 3.38. The summed E-state index contributed by atoms with van der Waals surface area (Å²) in [5.41, 5.74) is 0.901. The Kier molecular flexibility index (Phi) is 7.75. The molecule has 0 spiro atoms. The number of hydrogen-bond acceptors (Lipinski definition) is 8. The highest BCUT2D eigenvalue weighted by molar-refractivity contribution is 8.03. The molecule has 0 amide bonds. The minimum absolute atomic E-state index is 0.0146. The van der Waals surface area contributed by atoms with Gasteiger partial charge in [0.2, 0.25) is 0 Å². The fourth-order valence-corrected chi connectivity index (χ4v) is 8.01. The van der Waals surface area contributed by atoms with Gasteiger partial charge in [-0.25, -0.2) is 0 Å². The van der Waals surface area contributed by atoms with Gasteiger partial charge in [-0.2, -0.15) is 13.0 Å². The van der Waals surface area contributed by atoms with Gasteiger partial charge in [-0.15, -0.1) is 0 Å². The lowest BCUT2D eigenvalue weighted by molar-refractivity contribution is -0.667. The van der Waals surface area contributed by atoms with Gasteiger partial charge >= 0.3 is 5.97 Å². The molecule has 1 aliphatic heterocycles. The summed E-state index contributed by atoms with van der Waals surface area (Å²) in [6, 6.07) is 7.65. The Morgan fingerprint density at radius 2 is 2.06 bits per heavy atom. The number of thiazole rings is 1. The number of thioether (sulfide) groups is 1. The molecule has 1 aliphatic rings. The van der Waals surface area contributed by atoms with Crippen molar-refractivity contribution in [3.8, 4) is 5.75 Å². The van der Waals surface area contributed by atoms with E-state index in [0.29, 0.717) is 36.0 Å². The Labute approximate surface area is 214 Å². The van der Waals surface area contributed by atoms with Gasteiger partial charge in [-0.1, -0.05) is 46.0 Å². The van der Waals surface area contributed by atoms with Crippen LogP contribution in [0.5, 0.6) is 5.75 Å². The number of carboxylic acids is 1. The lowest BCUT2D eigenvalue weighted by Crippen LogP contribution is -2.35. The van der Waals surface area contributed by atoms with Gasteiger partial charge in [0.1, 0.15) is 14.8 Å². The molecule has 0 unspecified atom stereocenters. The highest BCUT2D eigenvalue weighted by Crippen LogP contribution is 2.48. The molecule has 2 aromatic heterocycles. The number of ether oxygens (including phenoxy) is 1. The number of rotatable bonds is 10. The number of halogens is 1. The Hall–Kier alpha value is -1.83. The predicted molar refractivity (Wildman–Crippen MR) is 137 cm³/mol. The number of fused-ring (bicyclic) bond motifs is 2. The largest absolute Gasteiger partial charge is 0.497 e. The standard InChI is InChI=1S/C21H21ClN2O6S4/c1-30-13-4-5-15-14(10-13)23(8-6-20(25)26)18(31-15)12-19-24(7-2-3-9-34(27,28)29)21-16(32-19)11-17(22)33-21/h4-5,10-12H,2-3,6-9H2,1H3,(H-,25,26,27,28,29)/p+1. The molecule has 2 N–H and O–H groups in total. The molecule has 0 atom stereocenters. The van der Waals surface area contributed by atoms with Crippen LogP contribution < -0.4 is 14.2 Å². The Bertz CT molecular complexity index is 1370. The van der Waals surface area contributed by atoms with E-state index < -0.39 is 16.1 Å². The number of unbranched alkanes of at least 4 members (excludes halogenated alkanes) is 1. The molecular formula is C21H22ClN2O6S4+. The number of aliphatic carboxylic acids is 1. The zero-order chi connectivity index (χ0) is 24.5. The monoisotopic (exact) mass is 561 g/mol. The zero-order valence-electron chi connectivity index (χ0n) is 18.1. The maximum Gasteiger partial charge on any atom is 0.305 e. The van der Waals surface area contributed by atoms with Crippen molar-refractivity contribution in [2.75, 3.05) is 24.3 Å². The van der Waals surface area contributed by atoms with Crippen LogP contribution in [0.15, 0.2) is 34.2 Å². The van der Waals surface area contributed by atoms with Crippen LogP contribution in [0.25, 0.3) is 15.6 Å². The van der Waals surface area contributed by atoms with E-state index in [2.05, 4.69) is 4.57 Å². The predicted octanol–water partition coefficient (Wildman–Crippen LogP) is 4.97. The molecule has 3 heterocycles. The minimum Gasteiger partial charge on any atom is -0.497 e. The van der Waals surface area contributed by atoms with Crippen molar-refractivity contribution >= 4 is 83.4 Å². The first-order chi connectivity index (χ1) is 16.1. The van der Waals surface area contributed by atoms with Crippen molar-refractivity contribution in [1.82, 2.24) is 0 Å². The van der Waals surface area contributed by atoms with E-state index in [0.717, 1.165) is 30.1 Å². The summed E-state index contributed by atoms with van der Waals surface area (Å²) in [7, 11) is -2.40. The fourth-order valence-electron chi connectivity index (χ4n) is 3.60. The van der Waals surface area contributed by atoms with E-state index in [9.17, 15) is 18.3 Å². The maximum absolute atomic E-state index is 11.3. The number of aryl methyl sites for hydroxylation is 1. The van der Waals surface area contributed by atoms with Crippen molar-refractivity contribution in [2.45, 2.75) is 30.7 Å². The van der Waals surface area contributed by atoms with E-state index >= 15 is 0 Å². The first-order valence-corrected chi connectivity index (χ1v) is 14.7. The zero-order valence-corrected chi connectivity index (χ0v) is 22.1. The molecule has 8 nitrogen and oxygen atoms in total. The first kappa shape index (κ1) is 25.3. The van der Waals surface area contributed by atoms with E-state index in [4.69, 9.17) is 20.9 Å². The van der Waals surface area contributed by atoms with Gasteiger partial charge in [0, 0.05) is 23.9 Å². The van der Waals surface area contributed by atoms with E-state index in [1.165, 1.54) is 11.3 Å². The third-order valence-corrected chi connectivity index (χ3v) is 9.55. The van der Waals surface area contributed by atoms with Gasteiger partial charge in [0.05, 0.1) is 36.1 Å². The second-order valence-corrected chi connectivity index (χ2v) is 12.9.